The van der Waals surface area contributed by atoms with Crippen molar-refractivity contribution in [3.63, 3.8) is 0 Å². The van der Waals surface area contributed by atoms with Crippen molar-refractivity contribution >= 4 is 18.0 Å². The summed E-state index contributed by atoms with van der Waals surface area (Å²) in [7, 11) is 0. The highest BCUT2D eigenvalue weighted by Gasteiger charge is 2.30. The first-order valence-electron chi connectivity index (χ1n) is 10.9. The van der Waals surface area contributed by atoms with E-state index in [-0.39, 0.29) is 36.4 Å². The number of nitrogens with zero attached hydrogens (tertiary/aromatic N) is 1. The summed E-state index contributed by atoms with van der Waals surface area (Å²) in [6.07, 6.45) is -0.691. The molecule has 0 unspecified atom stereocenters. The first kappa shape index (κ1) is 23.0. The zero-order valence-electron chi connectivity index (χ0n) is 18.8. The Morgan fingerprint density at radius 1 is 1.06 bits per heavy atom. The molecule has 4 rings (SSSR count). The van der Waals surface area contributed by atoms with Crippen LogP contribution in [0, 0.1) is 5.92 Å². The SMILES string of the molecule is CC(C)[C@@H](NC(=O)OCC1c2ccccc2-c2ccccc21)C(=O)NCc1cc(C(=O)O)no1. The molecule has 1 aliphatic carbocycles. The molecule has 1 atom stereocenters. The first-order chi connectivity index (χ1) is 16.3. The van der Waals surface area contributed by atoms with E-state index in [4.69, 9.17) is 14.4 Å². The number of carboxylic acid groups (broad SMARTS) is 1. The van der Waals surface area contributed by atoms with Gasteiger partial charge in [0.05, 0.1) is 6.54 Å². The average molecular weight is 463 g/mol. The maximum atomic E-state index is 12.7. The quantitative estimate of drug-likeness (QED) is 0.466. The molecular weight excluding hydrogens is 438 g/mol. The zero-order chi connectivity index (χ0) is 24.2. The number of aromatic carboxylic acids is 1. The van der Waals surface area contributed by atoms with Gasteiger partial charge in [0, 0.05) is 12.0 Å². The van der Waals surface area contributed by atoms with Gasteiger partial charge < -0.3 is 25.0 Å². The predicted octanol–water partition coefficient (Wildman–Crippen LogP) is 3.55. The third-order valence-corrected chi connectivity index (χ3v) is 5.78. The van der Waals surface area contributed by atoms with Crippen LogP contribution in [0.4, 0.5) is 4.79 Å². The van der Waals surface area contributed by atoms with Crippen molar-refractivity contribution in [2.24, 2.45) is 5.92 Å². The van der Waals surface area contributed by atoms with Gasteiger partial charge in [-0.25, -0.2) is 9.59 Å². The fourth-order valence-corrected chi connectivity index (χ4v) is 4.08. The lowest BCUT2D eigenvalue weighted by Gasteiger charge is -2.22. The average Bonchev–Trinajstić information content (AvgIpc) is 3.43. The van der Waals surface area contributed by atoms with E-state index in [2.05, 4.69) is 27.9 Å². The second-order valence-corrected chi connectivity index (χ2v) is 8.39. The number of fused-ring (bicyclic) bond motifs is 3. The van der Waals surface area contributed by atoms with Crippen molar-refractivity contribution in [2.45, 2.75) is 32.4 Å². The third-order valence-electron chi connectivity index (χ3n) is 5.78. The molecule has 1 aromatic heterocycles. The van der Waals surface area contributed by atoms with Gasteiger partial charge in [-0.3, -0.25) is 4.79 Å². The normalized spacial score (nSPS) is 13.1. The molecule has 0 saturated heterocycles. The fourth-order valence-electron chi connectivity index (χ4n) is 4.08. The second kappa shape index (κ2) is 9.78. The van der Waals surface area contributed by atoms with E-state index in [1.54, 1.807) is 13.8 Å². The molecule has 0 bridgehead atoms. The Balaban J connectivity index is 1.36. The molecule has 9 nitrogen and oxygen atoms in total. The summed E-state index contributed by atoms with van der Waals surface area (Å²) in [5.74, 6) is -1.78. The van der Waals surface area contributed by atoms with Gasteiger partial charge in [-0.15, -0.1) is 0 Å². The molecule has 1 heterocycles. The van der Waals surface area contributed by atoms with Crippen molar-refractivity contribution < 1.29 is 28.8 Å². The van der Waals surface area contributed by atoms with E-state index in [0.717, 1.165) is 22.3 Å². The minimum absolute atomic E-state index is 0.0608. The molecule has 0 aliphatic heterocycles. The van der Waals surface area contributed by atoms with Crippen LogP contribution in [0.5, 0.6) is 0 Å². The first-order valence-corrected chi connectivity index (χ1v) is 10.9. The van der Waals surface area contributed by atoms with Gasteiger partial charge in [0.1, 0.15) is 12.6 Å². The smallest absolute Gasteiger partial charge is 0.407 e. The Hall–Kier alpha value is -4.14. The lowest BCUT2D eigenvalue weighted by Crippen LogP contribution is -2.49. The number of carbonyl (C=O) groups excluding carboxylic acids is 2. The van der Waals surface area contributed by atoms with Gasteiger partial charge in [-0.05, 0) is 28.2 Å². The summed E-state index contributed by atoms with van der Waals surface area (Å²) in [5, 5.41) is 17.6. The molecular formula is C25H25N3O6. The van der Waals surface area contributed by atoms with E-state index >= 15 is 0 Å². The Bertz CT molecular complexity index is 1170. The molecule has 34 heavy (non-hydrogen) atoms. The maximum Gasteiger partial charge on any atom is 0.407 e. The predicted molar refractivity (Wildman–Crippen MR) is 122 cm³/mol. The summed E-state index contributed by atoms with van der Waals surface area (Å²) >= 11 is 0. The largest absolute Gasteiger partial charge is 0.476 e. The third kappa shape index (κ3) is 4.78. The molecule has 0 radical (unpaired) electrons. The number of hydrogen-bond donors (Lipinski definition) is 3. The lowest BCUT2D eigenvalue weighted by molar-refractivity contribution is -0.124. The van der Waals surface area contributed by atoms with Crippen molar-refractivity contribution in [1.82, 2.24) is 15.8 Å². The van der Waals surface area contributed by atoms with E-state index in [9.17, 15) is 14.4 Å². The van der Waals surface area contributed by atoms with Crippen molar-refractivity contribution in [1.29, 1.82) is 0 Å². The van der Waals surface area contributed by atoms with Crippen LogP contribution in [-0.2, 0) is 16.1 Å². The highest BCUT2D eigenvalue weighted by molar-refractivity contribution is 5.86. The topological polar surface area (TPSA) is 131 Å². The Kier molecular flexibility index (Phi) is 6.62. The number of nitrogens with one attached hydrogen (secondary N) is 2. The zero-order valence-corrected chi connectivity index (χ0v) is 18.8. The van der Waals surface area contributed by atoms with Crippen LogP contribution in [0.25, 0.3) is 11.1 Å². The number of carboxylic acids is 1. The molecule has 9 heteroatoms. The van der Waals surface area contributed by atoms with Crippen LogP contribution in [0.2, 0.25) is 0 Å². The van der Waals surface area contributed by atoms with Gasteiger partial charge >= 0.3 is 12.1 Å². The summed E-state index contributed by atoms with van der Waals surface area (Å²) in [5.41, 5.74) is 4.21. The van der Waals surface area contributed by atoms with Crippen molar-refractivity contribution in [2.75, 3.05) is 6.61 Å². The lowest BCUT2D eigenvalue weighted by atomic mass is 9.98. The minimum Gasteiger partial charge on any atom is -0.476 e. The van der Waals surface area contributed by atoms with E-state index in [0.29, 0.717) is 0 Å². The van der Waals surface area contributed by atoms with Gasteiger partial charge in [0.15, 0.2) is 11.5 Å². The highest BCUT2D eigenvalue weighted by Crippen LogP contribution is 2.44. The summed E-state index contributed by atoms with van der Waals surface area (Å²) in [6.45, 7) is 3.67. The van der Waals surface area contributed by atoms with Gasteiger partial charge in [0.2, 0.25) is 5.91 Å². The fraction of sp³-hybridized carbons (Fsp3) is 0.280. The summed E-state index contributed by atoms with van der Waals surface area (Å²) in [6, 6.07) is 16.5. The second-order valence-electron chi connectivity index (χ2n) is 8.39. The van der Waals surface area contributed by atoms with Gasteiger partial charge in [-0.1, -0.05) is 67.5 Å². The minimum atomic E-state index is -1.22. The Morgan fingerprint density at radius 2 is 1.68 bits per heavy atom. The molecule has 2 amide bonds. The highest BCUT2D eigenvalue weighted by atomic mass is 16.5. The van der Waals surface area contributed by atoms with Gasteiger partial charge in [0.25, 0.3) is 0 Å². The Morgan fingerprint density at radius 3 is 2.24 bits per heavy atom. The molecule has 3 N–H and O–H groups in total. The van der Waals surface area contributed by atoms with Crippen LogP contribution in [0.15, 0.2) is 59.1 Å². The molecule has 0 saturated carbocycles. The number of rotatable bonds is 8. The summed E-state index contributed by atoms with van der Waals surface area (Å²) in [4.78, 5) is 36.1. The number of carbonyl (C=O) groups is 3. The molecule has 1 aliphatic rings. The molecule has 0 spiro atoms. The van der Waals surface area contributed by atoms with Crippen LogP contribution in [-0.4, -0.2) is 40.9 Å². The number of benzene rings is 2. The van der Waals surface area contributed by atoms with Crippen molar-refractivity contribution in [3.05, 3.63) is 77.2 Å². The Labute approximate surface area is 196 Å². The molecule has 176 valence electrons. The van der Waals surface area contributed by atoms with Gasteiger partial charge in [-0.2, -0.15) is 0 Å². The number of ether oxygens (including phenoxy) is 1. The van der Waals surface area contributed by atoms with E-state index in [1.165, 1.54) is 6.07 Å². The summed E-state index contributed by atoms with van der Waals surface area (Å²) < 4.78 is 10.4. The van der Waals surface area contributed by atoms with Crippen LogP contribution in [0.1, 0.15) is 47.1 Å². The molecule has 2 aromatic carbocycles. The number of alkyl carbamates (subject to hydrolysis) is 1. The molecule has 3 aromatic rings. The molecule has 0 fully saturated rings. The standard InChI is InChI=1S/C25H25N3O6/c1-14(2)22(23(29)26-12-15-11-21(24(30)31)28-34-15)27-25(32)33-13-20-18-9-5-3-7-16(18)17-8-4-6-10-19(17)20/h3-11,14,20,22H,12-13H2,1-2H3,(H,26,29)(H,27,32)(H,30,31)/t22-/m1/s1. The monoisotopic (exact) mass is 463 g/mol. The number of hydrogen-bond acceptors (Lipinski definition) is 6. The maximum absolute atomic E-state index is 12.7. The van der Waals surface area contributed by atoms with E-state index < -0.39 is 24.0 Å². The number of aromatic nitrogens is 1. The van der Waals surface area contributed by atoms with E-state index in [1.807, 2.05) is 36.4 Å². The van der Waals surface area contributed by atoms with Crippen molar-refractivity contribution in [3.8, 4) is 11.1 Å². The number of amides is 2. The van der Waals surface area contributed by atoms with Crippen LogP contribution >= 0.6 is 0 Å². The van der Waals surface area contributed by atoms with Crippen LogP contribution < -0.4 is 10.6 Å². The van der Waals surface area contributed by atoms with Crippen LogP contribution in [0.3, 0.4) is 0 Å².